The number of ether oxygens (including phenoxy) is 1. The number of rotatable bonds is 5. The van der Waals surface area contributed by atoms with Crippen LogP contribution in [0.25, 0.3) is 27.7 Å². The fourth-order valence-electron chi connectivity index (χ4n) is 3.66. The van der Waals surface area contributed by atoms with E-state index in [4.69, 9.17) is 9.88 Å². The van der Waals surface area contributed by atoms with E-state index in [0.717, 1.165) is 11.3 Å². The summed E-state index contributed by atoms with van der Waals surface area (Å²) in [5.74, 6) is 1.40. The minimum absolute atomic E-state index is 0.0423. The van der Waals surface area contributed by atoms with Crippen molar-refractivity contribution >= 4 is 20.8 Å². The molecule has 4 aromatic carbocycles. The van der Waals surface area contributed by atoms with Crippen molar-refractivity contribution in [3.8, 4) is 28.4 Å². The van der Waals surface area contributed by atoms with Gasteiger partial charge in [0.25, 0.3) is 5.56 Å². The van der Waals surface area contributed by atoms with E-state index >= 15 is 0 Å². The fraction of sp³-hybridized carbons (Fsp3) is 0. The molecule has 5 aromatic rings. The Kier molecular flexibility index (Phi) is 5.45. The van der Waals surface area contributed by atoms with Crippen LogP contribution in [0.3, 0.4) is 0 Å². The highest BCUT2D eigenvalue weighted by Gasteiger charge is 2.14. The Hall–Kier alpha value is -4.27. The van der Waals surface area contributed by atoms with Crippen LogP contribution in [-0.4, -0.2) is 18.2 Å². The van der Waals surface area contributed by atoms with Gasteiger partial charge >= 0.3 is 0 Å². The SMILES string of the molecule is NS(=O)(=O)c1ccc(-n2nc(-c3ccc(Oc4ccccc4)cc3)c3ccccc3c2=O)cc1. The molecule has 0 amide bonds. The Labute approximate surface area is 195 Å². The topological polar surface area (TPSA) is 104 Å². The van der Waals surface area contributed by atoms with Gasteiger partial charge in [-0.15, -0.1) is 0 Å². The van der Waals surface area contributed by atoms with E-state index < -0.39 is 10.0 Å². The minimum Gasteiger partial charge on any atom is -0.457 e. The Morgan fingerprint density at radius 3 is 1.94 bits per heavy atom. The quantitative estimate of drug-likeness (QED) is 0.408. The molecule has 168 valence electrons. The maximum Gasteiger partial charge on any atom is 0.279 e. The van der Waals surface area contributed by atoms with Crippen molar-refractivity contribution < 1.29 is 13.2 Å². The number of nitrogens with zero attached hydrogens (tertiary/aromatic N) is 2. The fourth-order valence-corrected chi connectivity index (χ4v) is 4.18. The van der Waals surface area contributed by atoms with Crippen LogP contribution in [0.4, 0.5) is 0 Å². The first-order valence-corrected chi connectivity index (χ1v) is 11.9. The summed E-state index contributed by atoms with van der Waals surface area (Å²) in [6.07, 6.45) is 0. The van der Waals surface area contributed by atoms with Gasteiger partial charge < -0.3 is 4.74 Å². The van der Waals surface area contributed by atoms with Gasteiger partial charge in [0.2, 0.25) is 10.0 Å². The molecule has 34 heavy (non-hydrogen) atoms. The summed E-state index contributed by atoms with van der Waals surface area (Å²) < 4.78 is 30.3. The van der Waals surface area contributed by atoms with Crippen molar-refractivity contribution in [3.63, 3.8) is 0 Å². The first-order chi connectivity index (χ1) is 16.4. The number of aromatic nitrogens is 2. The van der Waals surface area contributed by atoms with Gasteiger partial charge in [0.15, 0.2) is 0 Å². The normalized spacial score (nSPS) is 11.4. The van der Waals surface area contributed by atoms with Crippen LogP contribution in [-0.2, 0) is 10.0 Å². The largest absolute Gasteiger partial charge is 0.457 e. The minimum atomic E-state index is -3.84. The molecular formula is C26H19N3O4S. The number of para-hydroxylation sites is 1. The van der Waals surface area contributed by atoms with Gasteiger partial charge in [0.05, 0.1) is 21.7 Å². The van der Waals surface area contributed by atoms with Crippen molar-refractivity contribution in [2.45, 2.75) is 4.90 Å². The summed E-state index contributed by atoms with van der Waals surface area (Å²) in [5, 5.41) is 11.0. The van der Waals surface area contributed by atoms with Crippen molar-refractivity contribution in [3.05, 3.63) is 113 Å². The summed E-state index contributed by atoms with van der Waals surface area (Å²) >= 11 is 0. The van der Waals surface area contributed by atoms with E-state index in [-0.39, 0.29) is 10.5 Å². The number of hydrogen-bond acceptors (Lipinski definition) is 5. The van der Waals surface area contributed by atoms with Crippen LogP contribution in [0.5, 0.6) is 11.5 Å². The first kappa shape index (κ1) is 21.6. The second-order valence-corrected chi connectivity index (χ2v) is 9.15. The lowest BCUT2D eigenvalue weighted by atomic mass is 10.0. The molecule has 0 fully saturated rings. The van der Waals surface area contributed by atoms with Gasteiger partial charge in [-0.05, 0) is 66.7 Å². The van der Waals surface area contributed by atoms with Gasteiger partial charge in [0, 0.05) is 10.9 Å². The Balaban J connectivity index is 1.60. The van der Waals surface area contributed by atoms with Crippen molar-refractivity contribution in [2.75, 3.05) is 0 Å². The standard InChI is InChI=1S/C26H19N3O4S/c27-34(31,32)22-16-12-19(13-17-22)29-26(30)24-9-5-4-8-23(24)25(28-29)18-10-14-21(15-11-18)33-20-6-2-1-3-7-20/h1-17H,(H2,27,31,32). The van der Waals surface area contributed by atoms with E-state index in [1.807, 2.05) is 66.7 Å². The molecule has 0 aliphatic carbocycles. The molecule has 7 nitrogen and oxygen atoms in total. The lowest BCUT2D eigenvalue weighted by Gasteiger charge is -2.12. The third kappa shape index (κ3) is 4.19. The van der Waals surface area contributed by atoms with Crippen LogP contribution >= 0.6 is 0 Å². The van der Waals surface area contributed by atoms with E-state index in [1.54, 1.807) is 12.1 Å². The lowest BCUT2D eigenvalue weighted by molar-refractivity contribution is 0.483. The molecule has 1 heterocycles. The maximum absolute atomic E-state index is 13.2. The molecule has 2 N–H and O–H groups in total. The highest BCUT2D eigenvalue weighted by molar-refractivity contribution is 7.89. The van der Waals surface area contributed by atoms with Gasteiger partial charge in [-0.25, -0.2) is 13.6 Å². The molecule has 0 bridgehead atoms. The number of fused-ring (bicyclic) bond motifs is 1. The molecule has 5 rings (SSSR count). The van der Waals surface area contributed by atoms with E-state index in [2.05, 4.69) is 5.10 Å². The van der Waals surface area contributed by atoms with Crippen molar-refractivity contribution in [1.29, 1.82) is 0 Å². The maximum atomic E-state index is 13.2. The van der Waals surface area contributed by atoms with Crippen molar-refractivity contribution in [1.82, 2.24) is 9.78 Å². The Morgan fingerprint density at radius 2 is 1.29 bits per heavy atom. The highest BCUT2D eigenvalue weighted by atomic mass is 32.2. The predicted molar refractivity (Wildman–Crippen MR) is 131 cm³/mol. The van der Waals surface area contributed by atoms with Crippen LogP contribution < -0.4 is 15.4 Å². The molecule has 0 aliphatic rings. The van der Waals surface area contributed by atoms with Gasteiger partial charge in [0.1, 0.15) is 11.5 Å². The van der Waals surface area contributed by atoms with Gasteiger partial charge in [-0.2, -0.15) is 9.78 Å². The molecule has 0 saturated heterocycles. The van der Waals surface area contributed by atoms with E-state index in [0.29, 0.717) is 27.9 Å². The zero-order valence-corrected chi connectivity index (χ0v) is 18.6. The number of hydrogen-bond donors (Lipinski definition) is 1. The number of nitrogens with two attached hydrogens (primary N) is 1. The van der Waals surface area contributed by atoms with Crippen molar-refractivity contribution in [2.24, 2.45) is 5.14 Å². The summed E-state index contributed by atoms with van der Waals surface area (Å²) in [6.45, 7) is 0. The zero-order chi connectivity index (χ0) is 23.7. The van der Waals surface area contributed by atoms with Gasteiger partial charge in [-0.3, -0.25) is 4.79 Å². The molecule has 0 saturated carbocycles. The summed E-state index contributed by atoms with van der Waals surface area (Å²) in [4.78, 5) is 13.1. The van der Waals surface area contributed by atoms with Crippen LogP contribution in [0.2, 0.25) is 0 Å². The summed E-state index contributed by atoms with van der Waals surface area (Å²) in [7, 11) is -3.84. The second-order valence-electron chi connectivity index (χ2n) is 7.59. The van der Waals surface area contributed by atoms with Crippen LogP contribution in [0.1, 0.15) is 0 Å². The molecule has 1 aromatic heterocycles. The molecular weight excluding hydrogens is 450 g/mol. The monoisotopic (exact) mass is 469 g/mol. The lowest BCUT2D eigenvalue weighted by Crippen LogP contribution is -2.22. The highest BCUT2D eigenvalue weighted by Crippen LogP contribution is 2.29. The average molecular weight is 470 g/mol. The summed E-state index contributed by atoms with van der Waals surface area (Å²) in [6, 6.07) is 29.9. The van der Waals surface area contributed by atoms with E-state index in [1.165, 1.54) is 28.9 Å². The zero-order valence-electron chi connectivity index (χ0n) is 17.8. The number of primary sulfonamides is 1. The van der Waals surface area contributed by atoms with E-state index in [9.17, 15) is 13.2 Å². The Morgan fingerprint density at radius 1 is 0.706 bits per heavy atom. The molecule has 0 spiro atoms. The van der Waals surface area contributed by atoms with Gasteiger partial charge in [-0.1, -0.05) is 36.4 Å². The molecule has 8 heteroatoms. The first-order valence-electron chi connectivity index (χ1n) is 10.4. The molecule has 0 aliphatic heterocycles. The van der Waals surface area contributed by atoms with Crippen LogP contribution in [0.15, 0.2) is 113 Å². The Bertz CT molecular complexity index is 1650. The third-order valence-corrected chi connectivity index (χ3v) is 6.25. The smallest absolute Gasteiger partial charge is 0.279 e. The third-order valence-electron chi connectivity index (χ3n) is 5.32. The average Bonchev–Trinajstić information content (AvgIpc) is 2.85. The number of sulfonamides is 1. The molecule has 0 unspecified atom stereocenters. The molecule has 0 atom stereocenters. The predicted octanol–water partition coefficient (Wildman–Crippen LogP) is 4.49. The summed E-state index contributed by atoms with van der Waals surface area (Å²) in [5.41, 5.74) is 1.52. The second kappa shape index (κ2) is 8.58. The molecule has 0 radical (unpaired) electrons. The van der Waals surface area contributed by atoms with Crippen LogP contribution in [0, 0.1) is 0 Å². The number of benzene rings is 4.